The van der Waals surface area contributed by atoms with E-state index in [-0.39, 0.29) is 0 Å². The summed E-state index contributed by atoms with van der Waals surface area (Å²) in [5.41, 5.74) is 0.637. The zero-order valence-electron chi connectivity index (χ0n) is 8.49. The van der Waals surface area contributed by atoms with E-state index in [1.165, 1.54) is 0 Å². The lowest BCUT2D eigenvalue weighted by Gasteiger charge is -2.28. The van der Waals surface area contributed by atoms with E-state index in [0.29, 0.717) is 24.1 Å². The van der Waals surface area contributed by atoms with Crippen LogP contribution in [-0.2, 0) is 0 Å². The van der Waals surface area contributed by atoms with E-state index in [1.807, 2.05) is 18.0 Å². The van der Waals surface area contributed by atoms with Crippen LogP contribution in [0.15, 0.2) is 36.6 Å². The van der Waals surface area contributed by atoms with Crippen molar-refractivity contribution in [3.63, 3.8) is 0 Å². The Balaban J connectivity index is 2.09. The molecule has 2 rings (SSSR count). The number of rotatable bonds is 1. The number of allylic oxidation sites excluding steroid dienone is 4. The summed E-state index contributed by atoms with van der Waals surface area (Å²) in [5, 5.41) is 0. The summed E-state index contributed by atoms with van der Waals surface area (Å²) in [5.74, 6) is 0.447. The first-order valence-electron chi connectivity index (χ1n) is 5.09. The maximum Gasteiger partial charge on any atom is 0.141 e. The number of hydrogen-bond donors (Lipinski definition) is 0. The van der Waals surface area contributed by atoms with Gasteiger partial charge in [-0.05, 0) is 6.42 Å². The number of nitrogens with zero attached hydrogens (tertiary/aromatic N) is 1. The molecule has 0 bridgehead atoms. The Bertz CT molecular complexity index is 293. The summed E-state index contributed by atoms with van der Waals surface area (Å²) in [4.78, 5) is 2.00. The average molecular weight is 193 g/mol. The minimum absolute atomic E-state index is 0.290. The molecule has 1 saturated heterocycles. The Morgan fingerprint density at radius 2 is 2.29 bits per heavy atom. The molecule has 0 N–H and O–H groups in total. The van der Waals surface area contributed by atoms with Crippen LogP contribution in [0.4, 0.5) is 4.39 Å². The third kappa shape index (κ3) is 1.49. The van der Waals surface area contributed by atoms with Gasteiger partial charge in [0.2, 0.25) is 0 Å². The van der Waals surface area contributed by atoms with Gasteiger partial charge in [-0.1, -0.05) is 30.9 Å². The Kier molecular flexibility index (Phi) is 2.44. The van der Waals surface area contributed by atoms with Crippen molar-refractivity contribution in [2.24, 2.45) is 5.92 Å². The molecule has 1 aliphatic heterocycles. The second kappa shape index (κ2) is 3.60. The van der Waals surface area contributed by atoms with E-state index >= 15 is 0 Å². The van der Waals surface area contributed by atoms with Gasteiger partial charge in [0, 0.05) is 31.1 Å². The van der Waals surface area contributed by atoms with Gasteiger partial charge in [0.1, 0.15) is 6.17 Å². The predicted molar refractivity (Wildman–Crippen MR) is 56.6 cm³/mol. The molecule has 0 spiro atoms. The summed E-state index contributed by atoms with van der Waals surface area (Å²) < 4.78 is 13.4. The summed E-state index contributed by atoms with van der Waals surface area (Å²) in [6.07, 6.45) is 9.19. The molecule has 0 amide bonds. The van der Waals surface area contributed by atoms with Crippen LogP contribution >= 0.6 is 0 Å². The maximum atomic E-state index is 13.4. The summed E-state index contributed by atoms with van der Waals surface area (Å²) in [7, 11) is 1.94. The fraction of sp³-hybridized carbons (Fsp3) is 0.500. The van der Waals surface area contributed by atoms with Crippen LogP contribution in [0.5, 0.6) is 0 Å². The summed E-state index contributed by atoms with van der Waals surface area (Å²) >= 11 is 0. The Morgan fingerprint density at radius 1 is 1.50 bits per heavy atom. The Hall–Kier alpha value is -1.05. The highest BCUT2D eigenvalue weighted by Crippen LogP contribution is 2.34. The van der Waals surface area contributed by atoms with Crippen molar-refractivity contribution < 1.29 is 4.39 Å². The molecule has 14 heavy (non-hydrogen) atoms. The number of halogens is 1. The highest BCUT2D eigenvalue weighted by molar-refractivity contribution is 5.18. The van der Waals surface area contributed by atoms with Crippen LogP contribution in [0.3, 0.4) is 0 Å². The number of hydrogen-bond acceptors (Lipinski definition) is 1. The van der Waals surface area contributed by atoms with Gasteiger partial charge in [-0.2, -0.15) is 0 Å². The molecule has 0 saturated carbocycles. The molecule has 0 radical (unpaired) electrons. The fourth-order valence-corrected chi connectivity index (χ4v) is 2.29. The molecule has 2 aliphatic rings. The summed E-state index contributed by atoms with van der Waals surface area (Å²) in [6, 6.07) is 0.290. The highest BCUT2D eigenvalue weighted by Gasteiger charge is 2.36. The highest BCUT2D eigenvalue weighted by atomic mass is 19.1. The maximum absolute atomic E-state index is 13.4. The number of likely N-dealkylation sites (tertiary alicyclic amines) is 1. The molecule has 1 aliphatic carbocycles. The first-order valence-corrected chi connectivity index (χ1v) is 5.09. The van der Waals surface area contributed by atoms with Gasteiger partial charge in [0.25, 0.3) is 0 Å². The zero-order valence-corrected chi connectivity index (χ0v) is 8.49. The van der Waals surface area contributed by atoms with Crippen molar-refractivity contribution in [3.8, 4) is 0 Å². The quantitative estimate of drug-likeness (QED) is 0.619. The first-order chi connectivity index (χ1) is 6.70. The zero-order chi connectivity index (χ0) is 10.1. The molecular formula is C12H16FN. The van der Waals surface area contributed by atoms with Crippen LogP contribution in [0.25, 0.3) is 0 Å². The van der Waals surface area contributed by atoms with Crippen molar-refractivity contribution in [2.75, 3.05) is 7.05 Å². The van der Waals surface area contributed by atoms with Gasteiger partial charge in [0.05, 0.1) is 0 Å². The third-order valence-corrected chi connectivity index (χ3v) is 3.27. The van der Waals surface area contributed by atoms with Gasteiger partial charge in [-0.3, -0.25) is 0 Å². The Labute approximate surface area is 84.6 Å². The standard InChI is InChI=1S/C12H16FN/c1-9-11(13)8-12(14(9)2)10-6-4-3-5-7-10/h3-6,10-12H,1,7-8H2,2H3. The minimum Gasteiger partial charge on any atom is -0.372 e. The predicted octanol–water partition coefficient (Wildman–Crippen LogP) is 2.67. The van der Waals surface area contributed by atoms with Gasteiger partial charge in [0.15, 0.2) is 0 Å². The Morgan fingerprint density at radius 3 is 2.79 bits per heavy atom. The molecule has 1 nitrogen and oxygen atoms in total. The number of alkyl halides is 1. The van der Waals surface area contributed by atoms with Crippen LogP contribution in [0, 0.1) is 5.92 Å². The van der Waals surface area contributed by atoms with Gasteiger partial charge >= 0.3 is 0 Å². The van der Waals surface area contributed by atoms with Crippen LogP contribution in [-0.4, -0.2) is 24.2 Å². The molecule has 2 heteroatoms. The fourth-order valence-electron chi connectivity index (χ4n) is 2.29. The van der Waals surface area contributed by atoms with Crippen molar-refractivity contribution >= 4 is 0 Å². The van der Waals surface area contributed by atoms with Crippen molar-refractivity contribution in [2.45, 2.75) is 25.1 Å². The van der Waals surface area contributed by atoms with E-state index < -0.39 is 6.17 Å². The van der Waals surface area contributed by atoms with E-state index in [9.17, 15) is 4.39 Å². The molecular weight excluding hydrogens is 177 g/mol. The van der Waals surface area contributed by atoms with Crippen molar-refractivity contribution in [1.82, 2.24) is 4.90 Å². The second-order valence-corrected chi connectivity index (χ2v) is 4.09. The molecule has 1 fully saturated rings. The van der Waals surface area contributed by atoms with E-state index in [4.69, 9.17) is 0 Å². The molecule has 1 heterocycles. The molecule has 3 atom stereocenters. The van der Waals surface area contributed by atoms with Crippen LogP contribution < -0.4 is 0 Å². The molecule has 0 aromatic rings. The lowest BCUT2D eigenvalue weighted by Crippen LogP contribution is -2.30. The van der Waals surface area contributed by atoms with Gasteiger partial charge in [-0.15, -0.1) is 0 Å². The van der Waals surface area contributed by atoms with Crippen molar-refractivity contribution in [1.29, 1.82) is 0 Å². The molecule has 0 aromatic carbocycles. The normalized spacial score (nSPS) is 36.9. The topological polar surface area (TPSA) is 3.24 Å². The first kappa shape index (κ1) is 9.50. The van der Waals surface area contributed by atoms with E-state index in [0.717, 1.165) is 6.42 Å². The SMILES string of the molecule is C=C1C(F)CC(C2C=CC=CC2)N1C. The smallest absolute Gasteiger partial charge is 0.141 e. The lowest BCUT2D eigenvalue weighted by atomic mass is 9.91. The minimum atomic E-state index is -0.843. The van der Waals surface area contributed by atoms with E-state index in [1.54, 1.807) is 0 Å². The average Bonchev–Trinajstić information content (AvgIpc) is 2.47. The largest absolute Gasteiger partial charge is 0.372 e. The van der Waals surface area contributed by atoms with Gasteiger partial charge < -0.3 is 4.90 Å². The molecule has 76 valence electrons. The molecule has 0 aromatic heterocycles. The third-order valence-electron chi connectivity index (χ3n) is 3.27. The van der Waals surface area contributed by atoms with Crippen LogP contribution in [0.1, 0.15) is 12.8 Å². The van der Waals surface area contributed by atoms with Crippen molar-refractivity contribution in [3.05, 3.63) is 36.6 Å². The lowest BCUT2D eigenvalue weighted by molar-refractivity contribution is 0.284. The van der Waals surface area contributed by atoms with Gasteiger partial charge in [-0.25, -0.2) is 4.39 Å². The molecule has 3 unspecified atom stereocenters. The van der Waals surface area contributed by atoms with Crippen LogP contribution in [0.2, 0.25) is 0 Å². The summed E-state index contributed by atoms with van der Waals surface area (Å²) in [6.45, 7) is 3.77. The monoisotopic (exact) mass is 193 g/mol. The second-order valence-electron chi connectivity index (χ2n) is 4.09. The van der Waals surface area contributed by atoms with E-state index in [2.05, 4.69) is 24.8 Å².